The smallest absolute Gasteiger partial charge is 0.273 e. The summed E-state index contributed by atoms with van der Waals surface area (Å²) in [6.07, 6.45) is 0.987. The molecule has 0 radical (unpaired) electrons. The Balaban J connectivity index is 0.00000208. The Morgan fingerprint density at radius 1 is 1.17 bits per heavy atom. The van der Waals surface area contributed by atoms with Crippen LogP contribution in [0.4, 0.5) is 0 Å². The van der Waals surface area contributed by atoms with Gasteiger partial charge in [0, 0.05) is 38.1 Å². The molecule has 1 fully saturated rings. The monoisotopic (exact) mass is 367 g/mol. The minimum atomic E-state index is 0. The van der Waals surface area contributed by atoms with Crippen LogP contribution in [0, 0.1) is 0 Å². The number of carbonyl (C=O) groups is 1. The van der Waals surface area contributed by atoms with Crippen LogP contribution in [0.2, 0.25) is 0 Å². The molecule has 0 aliphatic carbocycles. The molecule has 3 rings (SSSR count). The molecule has 1 aromatic carbocycles. The number of ether oxygens (including phenoxy) is 1. The fraction of sp³-hybridized carbons (Fsp3) is 0.412. The van der Waals surface area contributed by atoms with Gasteiger partial charge in [0.2, 0.25) is 0 Å². The third kappa shape index (κ3) is 5.19. The van der Waals surface area contributed by atoms with Gasteiger partial charge in [0.1, 0.15) is 18.1 Å². The summed E-state index contributed by atoms with van der Waals surface area (Å²) in [6.45, 7) is 4.98. The Morgan fingerprint density at radius 3 is 2.75 bits per heavy atom. The molecule has 0 saturated carbocycles. The van der Waals surface area contributed by atoms with E-state index in [2.05, 4.69) is 9.88 Å². The number of benzene rings is 1. The van der Waals surface area contributed by atoms with Crippen molar-refractivity contribution in [2.24, 2.45) is 0 Å². The normalized spacial score (nSPS) is 15.4. The summed E-state index contributed by atoms with van der Waals surface area (Å²) in [5.41, 5.74) is 2.27. The number of hydrogen-bond acceptors (Lipinski definition) is 5. The van der Waals surface area contributed by atoms with Crippen molar-refractivity contribution in [2.45, 2.75) is 6.42 Å². The topological polar surface area (TPSA) is 45.7 Å². The zero-order chi connectivity index (χ0) is 15.9. The van der Waals surface area contributed by atoms with Crippen molar-refractivity contribution in [3.05, 3.63) is 46.9 Å². The van der Waals surface area contributed by atoms with Gasteiger partial charge in [0.15, 0.2) is 0 Å². The van der Waals surface area contributed by atoms with Crippen molar-refractivity contribution >= 4 is 29.7 Å². The molecule has 1 aliphatic rings. The van der Waals surface area contributed by atoms with E-state index in [0.29, 0.717) is 12.3 Å². The fourth-order valence-electron chi connectivity index (χ4n) is 2.69. The second-order valence-electron chi connectivity index (χ2n) is 5.52. The van der Waals surface area contributed by atoms with E-state index in [1.54, 1.807) is 5.51 Å². The first kappa shape index (κ1) is 18.7. The lowest BCUT2D eigenvalue weighted by Gasteiger charge is -2.21. The first-order valence-electron chi connectivity index (χ1n) is 7.90. The summed E-state index contributed by atoms with van der Waals surface area (Å²) in [6, 6.07) is 9.87. The van der Waals surface area contributed by atoms with Crippen LogP contribution in [0.15, 0.2) is 41.2 Å². The summed E-state index contributed by atoms with van der Waals surface area (Å²) in [5.74, 6) is 0.955. The molecule has 0 N–H and O–H groups in total. The number of para-hydroxylation sites is 1. The van der Waals surface area contributed by atoms with Crippen molar-refractivity contribution in [2.75, 3.05) is 39.3 Å². The summed E-state index contributed by atoms with van der Waals surface area (Å²) >= 11 is 1.46. The number of carbonyl (C=O) groups excluding carboxylic acids is 1. The molecule has 0 unspecified atom stereocenters. The van der Waals surface area contributed by atoms with E-state index in [1.807, 2.05) is 40.6 Å². The predicted octanol–water partition coefficient (Wildman–Crippen LogP) is 2.79. The molecule has 2 heterocycles. The van der Waals surface area contributed by atoms with Crippen LogP contribution in [0.3, 0.4) is 0 Å². The Kier molecular flexibility index (Phi) is 7.49. The number of amides is 1. The standard InChI is InChI=1S/C17H21N3O2S.ClH/c21-17(16-13-23-14-18-16)20-8-4-7-19(9-10-20)11-12-22-15-5-2-1-3-6-15;/h1-3,5-6,13-14H,4,7-12H2;1H. The van der Waals surface area contributed by atoms with Crippen LogP contribution >= 0.6 is 23.7 Å². The molecule has 1 aliphatic heterocycles. The maximum atomic E-state index is 12.3. The molecule has 7 heteroatoms. The lowest BCUT2D eigenvalue weighted by Crippen LogP contribution is -2.36. The Bertz CT molecular complexity index is 610. The van der Waals surface area contributed by atoms with Gasteiger partial charge >= 0.3 is 0 Å². The van der Waals surface area contributed by atoms with E-state index in [0.717, 1.165) is 44.9 Å². The van der Waals surface area contributed by atoms with Crippen LogP contribution in [0.1, 0.15) is 16.9 Å². The lowest BCUT2D eigenvalue weighted by molar-refractivity contribution is 0.0755. The fourth-order valence-corrected chi connectivity index (χ4v) is 3.21. The zero-order valence-electron chi connectivity index (χ0n) is 13.5. The average molecular weight is 368 g/mol. The molecule has 130 valence electrons. The maximum Gasteiger partial charge on any atom is 0.273 e. The summed E-state index contributed by atoms with van der Waals surface area (Å²) < 4.78 is 5.75. The highest BCUT2D eigenvalue weighted by Gasteiger charge is 2.21. The van der Waals surface area contributed by atoms with Crippen LogP contribution in [0.5, 0.6) is 5.75 Å². The number of thiazole rings is 1. The molecule has 2 aromatic rings. The third-order valence-corrected chi connectivity index (χ3v) is 4.53. The summed E-state index contributed by atoms with van der Waals surface area (Å²) in [4.78, 5) is 20.7. The SMILES string of the molecule is Cl.O=C(c1cscn1)N1CCCN(CCOc2ccccc2)CC1. The first-order chi connectivity index (χ1) is 11.3. The van der Waals surface area contributed by atoms with E-state index < -0.39 is 0 Å². The molecule has 1 saturated heterocycles. The van der Waals surface area contributed by atoms with Gasteiger partial charge in [0.05, 0.1) is 5.51 Å². The van der Waals surface area contributed by atoms with Gasteiger partial charge in [-0.25, -0.2) is 4.98 Å². The van der Waals surface area contributed by atoms with Crippen molar-refractivity contribution in [1.29, 1.82) is 0 Å². The quantitative estimate of drug-likeness (QED) is 0.815. The van der Waals surface area contributed by atoms with Crippen molar-refractivity contribution in [3.8, 4) is 5.75 Å². The van der Waals surface area contributed by atoms with Crippen molar-refractivity contribution < 1.29 is 9.53 Å². The zero-order valence-corrected chi connectivity index (χ0v) is 15.1. The Labute approximate surface area is 152 Å². The van der Waals surface area contributed by atoms with E-state index >= 15 is 0 Å². The van der Waals surface area contributed by atoms with E-state index in [1.165, 1.54) is 11.3 Å². The summed E-state index contributed by atoms with van der Waals surface area (Å²) in [5, 5.41) is 1.82. The van der Waals surface area contributed by atoms with Crippen molar-refractivity contribution in [3.63, 3.8) is 0 Å². The number of aromatic nitrogens is 1. The second kappa shape index (κ2) is 9.61. The van der Waals surface area contributed by atoms with Gasteiger partial charge in [-0.1, -0.05) is 18.2 Å². The molecular formula is C17H22ClN3O2S. The van der Waals surface area contributed by atoms with Crippen LogP contribution in [-0.4, -0.2) is 60.0 Å². The van der Waals surface area contributed by atoms with Gasteiger partial charge in [0.25, 0.3) is 5.91 Å². The third-order valence-electron chi connectivity index (χ3n) is 3.95. The Morgan fingerprint density at radius 2 is 2.00 bits per heavy atom. The van der Waals surface area contributed by atoms with Crippen LogP contribution in [0.25, 0.3) is 0 Å². The van der Waals surface area contributed by atoms with E-state index in [9.17, 15) is 4.79 Å². The molecule has 5 nitrogen and oxygen atoms in total. The summed E-state index contributed by atoms with van der Waals surface area (Å²) in [7, 11) is 0. The minimum Gasteiger partial charge on any atom is -0.492 e. The molecule has 1 amide bonds. The largest absolute Gasteiger partial charge is 0.492 e. The van der Waals surface area contributed by atoms with Gasteiger partial charge < -0.3 is 9.64 Å². The van der Waals surface area contributed by atoms with Crippen LogP contribution < -0.4 is 4.74 Å². The highest BCUT2D eigenvalue weighted by atomic mass is 35.5. The first-order valence-corrected chi connectivity index (χ1v) is 8.85. The molecule has 0 atom stereocenters. The minimum absolute atomic E-state index is 0. The predicted molar refractivity (Wildman–Crippen MR) is 98.3 cm³/mol. The highest BCUT2D eigenvalue weighted by molar-refractivity contribution is 7.07. The Hall–Kier alpha value is -1.63. The molecule has 0 spiro atoms. The van der Waals surface area contributed by atoms with Gasteiger partial charge in [-0.2, -0.15) is 0 Å². The van der Waals surface area contributed by atoms with E-state index in [4.69, 9.17) is 4.74 Å². The molecule has 24 heavy (non-hydrogen) atoms. The van der Waals surface area contributed by atoms with Crippen LogP contribution in [-0.2, 0) is 0 Å². The average Bonchev–Trinajstić information content (AvgIpc) is 3.02. The van der Waals surface area contributed by atoms with Gasteiger partial charge in [-0.3, -0.25) is 9.69 Å². The van der Waals surface area contributed by atoms with Gasteiger partial charge in [-0.15, -0.1) is 23.7 Å². The molecular weight excluding hydrogens is 346 g/mol. The molecule has 0 bridgehead atoms. The maximum absolute atomic E-state index is 12.3. The van der Waals surface area contributed by atoms with E-state index in [-0.39, 0.29) is 18.3 Å². The number of hydrogen-bond donors (Lipinski definition) is 0. The second-order valence-corrected chi connectivity index (χ2v) is 6.24. The van der Waals surface area contributed by atoms with Gasteiger partial charge in [-0.05, 0) is 18.6 Å². The molecule has 1 aromatic heterocycles. The lowest BCUT2D eigenvalue weighted by atomic mass is 10.3. The highest BCUT2D eigenvalue weighted by Crippen LogP contribution is 2.11. The number of halogens is 1. The number of nitrogens with zero attached hydrogens (tertiary/aromatic N) is 3. The number of rotatable bonds is 5. The van der Waals surface area contributed by atoms with Crippen molar-refractivity contribution in [1.82, 2.24) is 14.8 Å².